The number of hydrogen-bond donors (Lipinski definition) is 1. The number of fused-ring (bicyclic) bond motifs is 1. The SMILES string of the molecule is COc1ccc(/C=C/C(=O)Nc2c(C#N)cnn2-c2ccc3ccccc3n2)cc1. The van der Waals surface area contributed by atoms with Crippen LogP contribution in [-0.2, 0) is 4.79 Å². The number of nitrogens with one attached hydrogen (secondary N) is 1. The molecule has 2 aromatic carbocycles. The number of hydrogen-bond acceptors (Lipinski definition) is 5. The molecular formula is C23H17N5O2. The van der Waals surface area contributed by atoms with Gasteiger partial charge in [-0.1, -0.05) is 30.3 Å². The Labute approximate surface area is 172 Å². The molecule has 0 aliphatic carbocycles. The number of carbonyl (C=O) groups excluding carboxylic acids is 1. The zero-order chi connectivity index (χ0) is 20.9. The lowest BCUT2D eigenvalue weighted by atomic mass is 10.2. The number of benzene rings is 2. The lowest BCUT2D eigenvalue weighted by molar-refractivity contribution is -0.111. The molecule has 0 spiro atoms. The van der Waals surface area contributed by atoms with Crippen molar-refractivity contribution in [3.63, 3.8) is 0 Å². The fourth-order valence-corrected chi connectivity index (χ4v) is 2.94. The molecule has 0 saturated heterocycles. The zero-order valence-corrected chi connectivity index (χ0v) is 16.1. The van der Waals surface area contributed by atoms with E-state index in [1.807, 2.05) is 54.6 Å². The summed E-state index contributed by atoms with van der Waals surface area (Å²) >= 11 is 0. The molecule has 2 aromatic heterocycles. The van der Waals surface area contributed by atoms with E-state index in [4.69, 9.17) is 4.74 Å². The van der Waals surface area contributed by atoms with E-state index in [0.29, 0.717) is 5.82 Å². The quantitative estimate of drug-likeness (QED) is 0.517. The highest BCUT2D eigenvalue weighted by Crippen LogP contribution is 2.21. The van der Waals surface area contributed by atoms with E-state index < -0.39 is 0 Å². The number of carbonyl (C=O) groups is 1. The summed E-state index contributed by atoms with van der Waals surface area (Å²) in [5.74, 6) is 1.13. The highest BCUT2D eigenvalue weighted by atomic mass is 16.5. The summed E-state index contributed by atoms with van der Waals surface area (Å²) in [6, 6.07) is 20.7. The Kier molecular flexibility index (Phi) is 5.22. The number of ether oxygens (including phenoxy) is 1. The van der Waals surface area contributed by atoms with Crippen LogP contribution >= 0.6 is 0 Å². The molecule has 1 N–H and O–H groups in total. The van der Waals surface area contributed by atoms with E-state index in [9.17, 15) is 10.1 Å². The van der Waals surface area contributed by atoms with Gasteiger partial charge in [-0.15, -0.1) is 0 Å². The minimum atomic E-state index is -0.384. The van der Waals surface area contributed by atoms with Gasteiger partial charge in [-0.25, -0.2) is 4.98 Å². The van der Waals surface area contributed by atoms with Crippen LogP contribution in [0.1, 0.15) is 11.1 Å². The number of para-hydroxylation sites is 1. The number of anilines is 1. The van der Waals surface area contributed by atoms with Crippen molar-refractivity contribution in [3.05, 3.63) is 84.1 Å². The van der Waals surface area contributed by atoms with Crippen LogP contribution in [0.3, 0.4) is 0 Å². The van der Waals surface area contributed by atoms with Crippen molar-refractivity contribution in [2.75, 3.05) is 12.4 Å². The summed E-state index contributed by atoms with van der Waals surface area (Å²) in [5, 5.41) is 17.4. The molecule has 0 aliphatic heterocycles. The molecule has 7 heteroatoms. The predicted molar refractivity (Wildman–Crippen MR) is 114 cm³/mol. The highest BCUT2D eigenvalue weighted by Gasteiger charge is 2.15. The molecule has 30 heavy (non-hydrogen) atoms. The van der Waals surface area contributed by atoms with Gasteiger partial charge in [0.1, 0.15) is 17.4 Å². The molecule has 0 radical (unpaired) electrons. The van der Waals surface area contributed by atoms with E-state index in [1.165, 1.54) is 17.0 Å². The van der Waals surface area contributed by atoms with Crippen LogP contribution in [0.4, 0.5) is 5.82 Å². The Hall–Kier alpha value is -4.44. The number of nitrogens with zero attached hydrogens (tertiary/aromatic N) is 4. The molecule has 146 valence electrons. The van der Waals surface area contributed by atoms with Crippen LogP contribution in [-0.4, -0.2) is 27.8 Å². The van der Waals surface area contributed by atoms with Crippen molar-refractivity contribution in [1.82, 2.24) is 14.8 Å². The Bertz CT molecular complexity index is 1280. The first-order valence-corrected chi connectivity index (χ1v) is 9.15. The largest absolute Gasteiger partial charge is 0.497 e. The Morgan fingerprint density at radius 1 is 1.13 bits per heavy atom. The summed E-state index contributed by atoms with van der Waals surface area (Å²) in [4.78, 5) is 17.1. The minimum absolute atomic E-state index is 0.246. The fourth-order valence-electron chi connectivity index (χ4n) is 2.94. The monoisotopic (exact) mass is 395 g/mol. The van der Waals surface area contributed by atoms with Crippen LogP contribution in [0.2, 0.25) is 0 Å². The first-order chi connectivity index (χ1) is 14.7. The van der Waals surface area contributed by atoms with Gasteiger partial charge < -0.3 is 10.1 Å². The van der Waals surface area contributed by atoms with E-state index in [0.717, 1.165) is 22.2 Å². The average molecular weight is 395 g/mol. The van der Waals surface area contributed by atoms with E-state index in [-0.39, 0.29) is 17.3 Å². The normalized spacial score (nSPS) is 10.8. The van der Waals surface area contributed by atoms with Crippen molar-refractivity contribution < 1.29 is 9.53 Å². The summed E-state index contributed by atoms with van der Waals surface area (Å²) in [7, 11) is 1.60. The molecule has 0 bridgehead atoms. The maximum atomic E-state index is 12.5. The van der Waals surface area contributed by atoms with Gasteiger partial charge in [0.2, 0.25) is 5.91 Å². The van der Waals surface area contributed by atoms with Crippen molar-refractivity contribution >= 4 is 28.7 Å². The van der Waals surface area contributed by atoms with Gasteiger partial charge in [0, 0.05) is 11.5 Å². The number of rotatable bonds is 5. The van der Waals surface area contributed by atoms with Crippen molar-refractivity contribution in [1.29, 1.82) is 5.26 Å². The topological polar surface area (TPSA) is 92.8 Å². The summed E-state index contributed by atoms with van der Waals surface area (Å²) in [6.45, 7) is 0. The molecular weight excluding hydrogens is 378 g/mol. The maximum Gasteiger partial charge on any atom is 0.249 e. The van der Waals surface area contributed by atoms with Crippen LogP contribution in [0.25, 0.3) is 22.8 Å². The number of pyridine rings is 1. The molecule has 0 unspecified atom stereocenters. The van der Waals surface area contributed by atoms with Gasteiger partial charge in [-0.2, -0.15) is 15.0 Å². The lowest BCUT2D eigenvalue weighted by Crippen LogP contribution is -2.14. The average Bonchev–Trinajstić information content (AvgIpc) is 3.20. The van der Waals surface area contributed by atoms with Crippen LogP contribution in [0, 0.1) is 11.3 Å². The fraction of sp³-hybridized carbons (Fsp3) is 0.0435. The second-order valence-electron chi connectivity index (χ2n) is 6.39. The second-order valence-corrected chi connectivity index (χ2v) is 6.39. The third kappa shape index (κ3) is 3.88. The Balaban J connectivity index is 1.60. The van der Waals surface area contributed by atoms with Gasteiger partial charge in [-0.3, -0.25) is 4.79 Å². The van der Waals surface area contributed by atoms with E-state index >= 15 is 0 Å². The number of nitriles is 1. The van der Waals surface area contributed by atoms with Crippen LogP contribution in [0.5, 0.6) is 5.75 Å². The summed E-state index contributed by atoms with van der Waals surface area (Å²) in [6.07, 6.45) is 4.48. The minimum Gasteiger partial charge on any atom is -0.497 e. The van der Waals surface area contributed by atoms with Crippen molar-refractivity contribution in [2.24, 2.45) is 0 Å². The van der Waals surface area contributed by atoms with Gasteiger partial charge in [-0.05, 0) is 42.0 Å². The summed E-state index contributed by atoms with van der Waals surface area (Å²) in [5.41, 5.74) is 1.88. The standard InChI is InChI=1S/C23H17N5O2/c1-30-19-10-6-16(7-11-19)8-13-22(29)27-23-18(14-24)15-25-28(23)21-12-9-17-4-2-3-5-20(17)26-21/h2-13,15H,1H3,(H,27,29)/b13-8+. The van der Waals surface area contributed by atoms with Crippen LogP contribution in [0.15, 0.2) is 72.9 Å². The molecule has 0 atom stereocenters. The van der Waals surface area contributed by atoms with Gasteiger partial charge >= 0.3 is 0 Å². The molecule has 1 amide bonds. The third-order valence-corrected chi connectivity index (χ3v) is 4.47. The second kappa shape index (κ2) is 8.29. The zero-order valence-electron chi connectivity index (χ0n) is 16.1. The number of amides is 1. The molecule has 0 fully saturated rings. The van der Waals surface area contributed by atoms with E-state index in [2.05, 4.69) is 21.5 Å². The van der Waals surface area contributed by atoms with Crippen molar-refractivity contribution in [3.8, 4) is 17.6 Å². The van der Waals surface area contributed by atoms with Gasteiger partial charge in [0.25, 0.3) is 0 Å². The summed E-state index contributed by atoms with van der Waals surface area (Å²) < 4.78 is 6.57. The number of aromatic nitrogens is 3. The predicted octanol–water partition coefficient (Wildman–Crippen LogP) is 3.95. The van der Waals surface area contributed by atoms with Crippen LogP contribution < -0.4 is 10.1 Å². The first kappa shape index (κ1) is 18.9. The molecule has 0 saturated carbocycles. The Morgan fingerprint density at radius 3 is 2.70 bits per heavy atom. The maximum absolute atomic E-state index is 12.5. The highest BCUT2D eigenvalue weighted by molar-refractivity contribution is 6.02. The van der Waals surface area contributed by atoms with Crippen molar-refractivity contribution in [2.45, 2.75) is 0 Å². The van der Waals surface area contributed by atoms with Gasteiger partial charge in [0.05, 0.1) is 18.8 Å². The van der Waals surface area contributed by atoms with E-state index in [1.54, 1.807) is 19.3 Å². The van der Waals surface area contributed by atoms with Gasteiger partial charge in [0.15, 0.2) is 11.6 Å². The molecule has 4 rings (SSSR count). The first-order valence-electron chi connectivity index (χ1n) is 9.15. The molecule has 7 nitrogen and oxygen atoms in total. The molecule has 0 aliphatic rings. The molecule has 2 heterocycles. The molecule has 4 aromatic rings. The lowest BCUT2D eigenvalue weighted by Gasteiger charge is -2.08. The smallest absolute Gasteiger partial charge is 0.249 e. The number of methoxy groups -OCH3 is 1. The Morgan fingerprint density at radius 2 is 1.93 bits per heavy atom. The third-order valence-electron chi connectivity index (χ3n) is 4.47.